The zero-order valence-corrected chi connectivity index (χ0v) is 11.3. The zero-order valence-electron chi connectivity index (χ0n) is 10.5. The van der Waals surface area contributed by atoms with Gasteiger partial charge in [-0.25, -0.2) is 0 Å². The molecule has 0 fully saturated rings. The van der Waals surface area contributed by atoms with Crippen LogP contribution in [0, 0.1) is 0 Å². The lowest BCUT2D eigenvalue weighted by Crippen LogP contribution is -2.13. The minimum absolute atomic E-state index is 0.443. The van der Waals surface area contributed by atoms with E-state index in [1.807, 2.05) is 18.2 Å². The average Bonchev–Trinajstić information content (AvgIpc) is 2.45. The summed E-state index contributed by atoms with van der Waals surface area (Å²) in [7, 11) is 1.56. The number of benzene rings is 1. The van der Waals surface area contributed by atoms with Crippen LogP contribution in [0.25, 0.3) is 6.08 Å². The lowest BCUT2D eigenvalue weighted by Gasteiger charge is -2.26. The molecule has 2 aliphatic rings. The fraction of sp³-hybridized carbons (Fsp3) is 0.267. The van der Waals surface area contributed by atoms with E-state index in [-0.39, 0.29) is 0 Å². The van der Waals surface area contributed by atoms with Crippen molar-refractivity contribution in [1.29, 1.82) is 0 Å². The van der Waals surface area contributed by atoms with Gasteiger partial charge in [-0.3, -0.25) is 4.79 Å². The van der Waals surface area contributed by atoms with Crippen molar-refractivity contribution < 1.29 is 14.3 Å². The van der Waals surface area contributed by atoms with Crippen LogP contribution in [-0.4, -0.2) is 13.4 Å². The van der Waals surface area contributed by atoms with Crippen LogP contribution in [0.1, 0.15) is 24.8 Å². The summed E-state index contributed by atoms with van der Waals surface area (Å²) < 4.78 is 11.1. The van der Waals surface area contributed by atoms with Crippen LogP contribution >= 0.6 is 11.6 Å². The van der Waals surface area contributed by atoms with Crippen LogP contribution in [0.15, 0.2) is 29.0 Å². The second kappa shape index (κ2) is 4.74. The third kappa shape index (κ3) is 1.94. The van der Waals surface area contributed by atoms with Gasteiger partial charge in [0, 0.05) is 11.1 Å². The molecule has 3 rings (SSSR count). The summed E-state index contributed by atoms with van der Waals surface area (Å²) in [6.07, 6.45) is 5.58. The molecule has 98 valence electrons. The van der Waals surface area contributed by atoms with Crippen molar-refractivity contribution in [3.8, 4) is 11.5 Å². The Morgan fingerprint density at radius 3 is 2.95 bits per heavy atom. The van der Waals surface area contributed by atoms with Crippen molar-refractivity contribution in [3.63, 3.8) is 0 Å². The van der Waals surface area contributed by atoms with Gasteiger partial charge in [0.2, 0.25) is 0 Å². The highest BCUT2D eigenvalue weighted by Crippen LogP contribution is 2.45. The summed E-state index contributed by atoms with van der Waals surface area (Å²) in [5.41, 5.74) is 2.71. The molecule has 0 atom stereocenters. The Balaban J connectivity index is 2.17. The molecular weight excluding hydrogens is 264 g/mol. The van der Waals surface area contributed by atoms with E-state index in [1.54, 1.807) is 7.11 Å². The van der Waals surface area contributed by atoms with Crippen LogP contribution in [-0.2, 0) is 4.79 Å². The molecule has 0 N–H and O–H groups in total. The van der Waals surface area contributed by atoms with Crippen molar-refractivity contribution in [2.45, 2.75) is 19.3 Å². The Hall–Kier alpha value is -1.74. The summed E-state index contributed by atoms with van der Waals surface area (Å²) in [6, 6.07) is 3.73. The maximum Gasteiger partial charge on any atom is 0.157 e. The number of hydrogen-bond acceptors (Lipinski definition) is 3. The van der Waals surface area contributed by atoms with Crippen molar-refractivity contribution in [1.82, 2.24) is 0 Å². The lowest BCUT2D eigenvalue weighted by molar-refractivity contribution is -0.105. The summed E-state index contributed by atoms with van der Waals surface area (Å²) in [6.45, 7) is 0. The SMILES string of the molecule is COc1ccc2c(c1Cl)OC1=C(C=O)CCCC1=C2. The van der Waals surface area contributed by atoms with Crippen LogP contribution in [0.2, 0.25) is 5.02 Å². The molecule has 1 aromatic rings. The number of allylic oxidation sites excluding steroid dienone is 2. The first-order chi connectivity index (χ1) is 9.24. The number of carbonyl (C=O) groups is 1. The number of ether oxygens (including phenoxy) is 2. The van der Waals surface area contributed by atoms with Gasteiger partial charge in [-0.1, -0.05) is 11.6 Å². The first kappa shape index (κ1) is 12.3. The molecule has 4 heteroatoms. The lowest BCUT2D eigenvalue weighted by atomic mass is 9.91. The topological polar surface area (TPSA) is 35.5 Å². The number of methoxy groups -OCH3 is 1. The summed E-state index contributed by atoms with van der Waals surface area (Å²) in [5.74, 6) is 1.81. The van der Waals surface area contributed by atoms with Crippen molar-refractivity contribution in [2.75, 3.05) is 7.11 Å². The summed E-state index contributed by atoms with van der Waals surface area (Å²) in [5, 5.41) is 0.443. The number of hydrogen-bond donors (Lipinski definition) is 0. The van der Waals surface area contributed by atoms with E-state index >= 15 is 0 Å². The van der Waals surface area contributed by atoms with Crippen LogP contribution in [0.5, 0.6) is 11.5 Å². The molecule has 0 radical (unpaired) electrons. The molecule has 0 saturated heterocycles. The second-order valence-electron chi connectivity index (χ2n) is 4.60. The first-order valence-corrected chi connectivity index (χ1v) is 6.56. The maximum absolute atomic E-state index is 11.1. The van der Waals surface area contributed by atoms with Crippen LogP contribution in [0.4, 0.5) is 0 Å². The number of rotatable bonds is 2. The average molecular weight is 277 g/mol. The highest BCUT2D eigenvalue weighted by Gasteiger charge is 2.26. The van der Waals surface area contributed by atoms with E-state index < -0.39 is 0 Å². The quantitative estimate of drug-likeness (QED) is 0.772. The van der Waals surface area contributed by atoms with Gasteiger partial charge in [0.25, 0.3) is 0 Å². The predicted octanol–water partition coefficient (Wildman–Crippen LogP) is 3.76. The minimum Gasteiger partial charge on any atom is -0.495 e. The number of fused-ring (bicyclic) bond motifs is 2. The Bertz CT molecular complexity index is 614. The van der Waals surface area contributed by atoms with E-state index in [4.69, 9.17) is 21.1 Å². The van der Waals surface area contributed by atoms with Crippen LogP contribution in [0.3, 0.4) is 0 Å². The number of aldehydes is 1. The third-order valence-corrected chi connectivity index (χ3v) is 3.82. The molecule has 0 saturated carbocycles. The van der Waals surface area contributed by atoms with Gasteiger partial charge >= 0.3 is 0 Å². The highest BCUT2D eigenvalue weighted by molar-refractivity contribution is 6.33. The van der Waals surface area contributed by atoms with Gasteiger partial charge < -0.3 is 9.47 Å². The molecule has 1 aliphatic carbocycles. The fourth-order valence-electron chi connectivity index (χ4n) is 2.50. The first-order valence-electron chi connectivity index (χ1n) is 6.18. The molecule has 0 unspecified atom stereocenters. The van der Waals surface area contributed by atoms with Gasteiger partial charge in [-0.15, -0.1) is 0 Å². The minimum atomic E-state index is 0.443. The van der Waals surface area contributed by atoms with Crippen molar-refractivity contribution in [3.05, 3.63) is 39.6 Å². The molecule has 0 aromatic heterocycles. The van der Waals surface area contributed by atoms with Crippen molar-refractivity contribution >= 4 is 24.0 Å². The molecule has 0 spiro atoms. The zero-order chi connectivity index (χ0) is 13.4. The molecule has 0 bridgehead atoms. The van der Waals surface area contributed by atoms with Gasteiger partial charge in [0.1, 0.15) is 22.8 Å². The van der Waals surface area contributed by atoms with Crippen LogP contribution < -0.4 is 9.47 Å². The Morgan fingerprint density at radius 2 is 2.21 bits per heavy atom. The fourth-order valence-corrected chi connectivity index (χ4v) is 2.79. The Morgan fingerprint density at radius 1 is 1.37 bits per heavy atom. The second-order valence-corrected chi connectivity index (χ2v) is 4.98. The molecule has 3 nitrogen and oxygen atoms in total. The molecular formula is C15H13ClO3. The highest BCUT2D eigenvalue weighted by atomic mass is 35.5. The van der Waals surface area contributed by atoms with Gasteiger partial charge in [0.15, 0.2) is 5.75 Å². The summed E-state index contributed by atoms with van der Waals surface area (Å²) >= 11 is 6.26. The van der Waals surface area contributed by atoms with Gasteiger partial charge in [-0.05, 0) is 43.0 Å². The molecule has 19 heavy (non-hydrogen) atoms. The molecule has 0 amide bonds. The van der Waals surface area contributed by atoms with E-state index in [1.165, 1.54) is 0 Å². The van der Waals surface area contributed by atoms with Gasteiger partial charge in [0.05, 0.1) is 7.11 Å². The van der Waals surface area contributed by atoms with E-state index in [2.05, 4.69) is 0 Å². The predicted molar refractivity (Wildman–Crippen MR) is 73.6 cm³/mol. The molecule has 1 aliphatic heterocycles. The largest absolute Gasteiger partial charge is 0.495 e. The smallest absolute Gasteiger partial charge is 0.157 e. The Kier molecular flexibility index (Phi) is 3.07. The number of carbonyl (C=O) groups excluding carboxylic acids is 1. The molecule has 1 aromatic carbocycles. The molecule has 1 heterocycles. The third-order valence-electron chi connectivity index (χ3n) is 3.46. The maximum atomic E-state index is 11.1. The van der Waals surface area contributed by atoms with E-state index in [0.717, 1.165) is 36.7 Å². The Labute approximate surface area is 116 Å². The van der Waals surface area contributed by atoms with E-state index in [9.17, 15) is 4.79 Å². The standard InChI is InChI=1S/C15H13ClO3/c1-18-12-6-5-10-7-9-3-2-4-11(8-17)14(9)19-15(10)13(12)16/h5-8H,2-4H2,1H3. The van der Waals surface area contributed by atoms with Crippen molar-refractivity contribution in [2.24, 2.45) is 0 Å². The normalized spacial score (nSPS) is 17.1. The van der Waals surface area contributed by atoms with E-state index in [0.29, 0.717) is 27.9 Å². The monoisotopic (exact) mass is 276 g/mol. The number of halogens is 1. The summed E-state index contributed by atoms with van der Waals surface area (Å²) in [4.78, 5) is 11.1. The van der Waals surface area contributed by atoms with Gasteiger partial charge in [-0.2, -0.15) is 0 Å².